The number of para-hydroxylation sites is 1. The quantitative estimate of drug-likeness (QED) is 0.778. The van der Waals surface area contributed by atoms with Crippen LogP contribution < -0.4 is 4.74 Å². The minimum Gasteiger partial charge on any atom is -0.434 e. The van der Waals surface area contributed by atoms with Crippen LogP contribution in [0.25, 0.3) is 10.9 Å². The van der Waals surface area contributed by atoms with E-state index in [-0.39, 0.29) is 0 Å². The maximum atomic E-state index is 11.4. The molecule has 0 bridgehead atoms. The van der Waals surface area contributed by atoms with Gasteiger partial charge in [-0.15, -0.1) is 0 Å². The molecule has 0 aliphatic rings. The summed E-state index contributed by atoms with van der Waals surface area (Å²) >= 11 is 0. The van der Waals surface area contributed by atoms with Crippen molar-refractivity contribution in [1.29, 1.82) is 0 Å². The number of ether oxygens (including phenoxy) is 3. The Morgan fingerprint density at radius 1 is 1.32 bits per heavy atom. The molecule has 0 radical (unpaired) electrons. The van der Waals surface area contributed by atoms with Crippen LogP contribution in [0, 0.1) is 0 Å². The number of hydrogen-bond acceptors (Lipinski definition) is 4. The Morgan fingerprint density at radius 2 is 2.11 bits per heavy atom. The molecule has 19 heavy (non-hydrogen) atoms. The maximum Gasteiger partial charge on any atom is 0.513 e. The zero-order valence-corrected chi connectivity index (χ0v) is 11.1. The lowest BCUT2D eigenvalue weighted by Gasteiger charge is -2.02. The Morgan fingerprint density at radius 3 is 2.84 bits per heavy atom. The van der Waals surface area contributed by atoms with Crippen LogP contribution in [-0.2, 0) is 16.0 Å². The summed E-state index contributed by atoms with van der Waals surface area (Å²) in [5, 5.41) is 0.881. The Hall–Kier alpha value is -2.01. The fraction of sp³-hybridized carbons (Fsp3) is 0.357. The summed E-state index contributed by atoms with van der Waals surface area (Å²) in [6.45, 7) is 3.32. The lowest BCUT2D eigenvalue weighted by molar-refractivity contribution is 0.104. The van der Waals surface area contributed by atoms with Crippen molar-refractivity contribution in [2.45, 2.75) is 13.5 Å². The molecule has 0 aliphatic carbocycles. The standard InChI is InChI=1S/C14H17NO4/c1-3-18-14(16)19-13-10-15(8-9-17-2)12-7-5-4-6-11(12)13/h4-7,10H,3,8-9H2,1-2H3. The normalized spacial score (nSPS) is 10.6. The molecule has 2 aromatic rings. The predicted molar refractivity (Wildman–Crippen MR) is 71.5 cm³/mol. The van der Waals surface area contributed by atoms with Gasteiger partial charge in [0.15, 0.2) is 5.75 Å². The third kappa shape index (κ3) is 3.06. The zero-order chi connectivity index (χ0) is 13.7. The number of carbonyl (C=O) groups excluding carboxylic acids is 1. The van der Waals surface area contributed by atoms with E-state index in [0.717, 1.165) is 10.9 Å². The minimum atomic E-state index is -0.683. The van der Waals surface area contributed by atoms with Crippen LogP contribution in [0.2, 0.25) is 0 Å². The molecule has 0 spiro atoms. The van der Waals surface area contributed by atoms with E-state index >= 15 is 0 Å². The van der Waals surface area contributed by atoms with Crippen molar-refractivity contribution in [3.8, 4) is 5.75 Å². The molecular formula is C14H17NO4. The van der Waals surface area contributed by atoms with Crippen LogP contribution >= 0.6 is 0 Å². The molecule has 5 heteroatoms. The van der Waals surface area contributed by atoms with E-state index in [1.165, 1.54) is 0 Å². The lowest BCUT2D eigenvalue weighted by atomic mass is 10.2. The molecule has 102 valence electrons. The molecule has 0 saturated heterocycles. The number of carbonyl (C=O) groups is 1. The van der Waals surface area contributed by atoms with E-state index in [1.54, 1.807) is 20.2 Å². The van der Waals surface area contributed by atoms with Gasteiger partial charge >= 0.3 is 6.16 Å². The van der Waals surface area contributed by atoms with Gasteiger partial charge < -0.3 is 18.8 Å². The van der Waals surface area contributed by atoms with Crippen molar-refractivity contribution >= 4 is 17.1 Å². The van der Waals surface area contributed by atoms with E-state index < -0.39 is 6.16 Å². The second kappa shape index (κ2) is 6.24. The van der Waals surface area contributed by atoms with E-state index in [1.807, 2.05) is 28.8 Å². The smallest absolute Gasteiger partial charge is 0.434 e. The topological polar surface area (TPSA) is 49.7 Å². The fourth-order valence-corrected chi connectivity index (χ4v) is 1.91. The van der Waals surface area contributed by atoms with E-state index in [0.29, 0.717) is 25.5 Å². The van der Waals surface area contributed by atoms with Crippen LogP contribution in [0.4, 0.5) is 4.79 Å². The largest absolute Gasteiger partial charge is 0.513 e. The molecule has 0 saturated carbocycles. The van der Waals surface area contributed by atoms with Gasteiger partial charge in [0.05, 0.1) is 18.7 Å². The van der Waals surface area contributed by atoms with Gasteiger partial charge in [0.2, 0.25) is 0 Å². The molecule has 0 atom stereocenters. The molecule has 0 amide bonds. The van der Waals surface area contributed by atoms with Gasteiger partial charge in [-0.1, -0.05) is 12.1 Å². The second-order valence-corrected chi connectivity index (χ2v) is 3.98. The highest BCUT2D eigenvalue weighted by molar-refractivity contribution is 5.88. The monoisotopic (exact) mass is 263 g/mol. The summed E-state index contributed by atoms with van der Waals surface area (Å²) in [5.41, 5.74) is 0.999. The highest BCUT2D eigenvalue weighted by Gasteiger charge is 2.13. The predicted octanol–water partition coefficient (Wildman–Crippen LogP) is 2.82. The Labute approximate surface area is 111 Å². The van der Waals surface area contributed by atoms with Gasteiger partial charge in [-0.2, -0.15) is 0 Å². The number of hydrogen-bond donors (Lipinski definition) is 0. The molecule has 0 unspecified atom stereocenters. The minimum absolute atomic E-state index is 0.293. The first-order valence-corrected chi connectivity index (χ1v) is 6.17. The SMILES string of the molecule is CCOC(=O)Oc1cn(CCOC)c2ccccc12. The Balaban J connectivity index is 2.30. The number of rotatable bonds is 5. The highest BCUT2D eigenvalue weighted by Crippen LogP contribution is 2.28. The molecular weight excluding hydrogens is 246 g/mol. The first kappa shape index (κ1) is 13.4. The Bertz CT molecular complexity index is 562. The van der Waals surface area contributed by atoms with Crippen LogP contribution in [0.3, 0.4) is 0 Å². The maximum absolute atomic E-state index is 11.4. The molecule has 0 aliphatic heterocycles. The van der Waals surface area contributed by atoms with Gasteiger partial charge in [-0.25, -0.2) is 4.79 Å². The zero-order valence-electron chi connectivity index (χ0n) is 11.1. The second-order valence-electron chi connectivity index (χ2n) is 3.98. The van der Waals surface area contributed by atoms with Crippen molar-refractivity contribution in [2.75, 3.05) is 20.3 Å². The summed E-state index contributed by atoms with van der Waals surface area (Å²) in [6.07, 6.45) is 1.11. The average Bonchev–Trinajstić information content (AvgIpc) is 2.75. The van der Waals surface area contributed by atoms with Gasteiger partial charge in [0.1, 0.15) is 0 Å². The van der Waals surface area contributed by atoms with Crippen molar-refractivity contribution in [2.24, 2.45) is 0 Å². The lowest BCUT2D eigenvalue weighted by Crippen LogP contribution is -2.09. The fourth-order valence-electron chi connectivity index (χ4n) is 1.91. The van der Waals surface area contributed by atoms with Crippen LogP contribution in [0.5, 0.6) is 5.75 Å². The Kier molecular flexibility index (Phi) is 4.41. The molecule has 0 fully saturated rings. The number of fused-ring (bicyclic) bond motifs is 1. The number of nitrogens with zero attached hydrogens (tertiary/aromatic N) is 1. The van der Waals surface area contributed by atoms with Gasteiger partial charge in [-0.05, 0) is 19.1 Å². The summed E-state index contributed by atoms with van der Waals surface area (Å²) < 4.78 is 17.1. The third-order valence-corrected chi connectivity index (χ3v) is 2.74. The van der Waals surface area contributed by atoms with Crippen molar-refractivity contribution in [3.05, 3.63) is 30.5 Å². The molecule has 5 nitrogen and oxygen atoms in total. The third-order valence-electron chi connectivity index (χ3n) is 2.74. The summed E-state index contributed by atoms with van der Waals surface area (Å²) in [7, 11) is 1.65. The van der Waals surface area contributed by atoms with Crippen molar-refractivity contribution in [3.63, 3.8) is 0 Å². The van der Waals surface area contributed by atoms with E-state index in [2.05, 4.69) is 0 Å². The molecule has 1 aromatic heterocycles. The van der Waals surface area contributed by atoms with Crippen LogP contribution in [-0.4, -0.2) is 31.0 Å². The first-order valence-electron chi connectivity index (χ1n) is 6.17. The molecule has 1 aromatic carbocycles. The highest BCUT2D eigenvalue weighted by atomic mass is 16.7. The number of methoxy groups -OCH3 is 1. The number of aromatic nitrogens is 1. The molecule has 1 heterocycles. The van der Waals surface area contributed by atoms with Gasteiger partial charge in [-0.3, -0.25) is 0 Å². The molecule has 2 rings (SSSR count). The van der Waals surface area contributed by atoms with Crippen LogP contribution in [0.15, 0.2) is 30.5 Å². The van der Waals surface area contributed by atoms with Crippen LogP contribution in [0.1, 0.15) is 6.92 Å². The van der Waals surface area contributed by atoms with E-state index in [9.17, 15) is 4.79 Å². The number of benzene rings is 1. The van der Waals surface area contributed by atoms with Gasteiger partial charge in [0.25, 0.3) is 0 Å². The summed E-state index contributed by atoms with van der Waals surface area (Å²) in [6, 6.07) is 7.73. The van der Waals surface area contributed by atoms with Crippen molar-refractivity contribution in [1.82, 2.24) is 4.57 Å². The molecule has 0 N–H and O–H groups in total. The van der Waals surface area contributed by atoms with Gasteiger partial charge in [0, 0.05) is 25.2 Å². The van der Waals surface area contributed by atoms with E-state index in [4.69, 9.17) is 14.2 Å². The summed E-state index contributed by atoms with van der Waals surface area (Å²) in [4.78, 5) is 11.4. The van der Waals surface area contributed by atoms with Crippen molar-refractivity contribution < 1.29 is 19.0 Å². The summed E-state index contributed by atoms with van der Waals surface area (Å²) in [5.74, 6) is 0.505. The first-order chi connectivity index (χ1) is 9.26. The average molecular weight is 263 g/mol.